The Hall–Kier alpha value is -3.60. The first-order chi connectivity index (χ1) is 14.0. The maximum atomic E-state index is 12.7. The lowest BCUT2D eigenvalue weighted by Crippen LogP contribution is -2.42. The number of carboxylic acids is 1. The molecule has 0 saturated carbocycles. The van der Waals surface area contributed by atoms with Crippen LogP contribution in [0.1, 0.15) is 29.0 Å². The highest BCUT2D eigenvalue weighted by molar-refractivity contribution is 5.84. The van der Waals surface area contributed by atoms with Crippen LogP contribution in [-0.4, -0.2) is 28.1 Å². The van der Waals surface area contributed by atoms with E-state index >= 15 is 0 Å². The van der Waals surface area contributed by atoms with Gasteiger partial charge in [-0.25, -0.2) is 4.79 Å². The van der Waals surface area contributed by atoms with Crippen LogP contribution >= 0.6 is 0 Å². The van der Waals surface area contributed by atoms with Crippen molar-refractivity contribution in [3.63, 3.8) is 0 Å². The van der Waals surface area contributed by atoms with Crippen molar-refractivity contribution >= 4 is 11.9 Å². The van der Waals surface area contributed by atoms with Gasteiger partial charge in [-0.3, -0.25) is 4.79 Å². The zero-order valence-electron chi connectivity index (χ0n) is 15.9. The Morgan fingerprint density at radius 3 is 1.79 bits per heavy atom. The molecule has 0 bridgehead atoms. The van der Waals surface area contributed by atoms with Crippen molar-refractivity contribution < 1.29 is 19.8 Å². The Kier molecular flexibility index (Phi) is 6.63. The second-order valence-electron chi connectivity index (χ2n) is 6.91. The van der Waals surface area contributed by atoms with Gasteiger partial charge >= 0.3 is 5.97 Å². The van der Waals surface area contributed by atoms with E-state index in [1.807, 2.05) is 60.7 Å². The predicted molar refractivity (Wildman–Crippen MR) is 111 cm³/mol. The fourth-order valence-corrected chi connectivity index (χ4v) is 3.31. The molecule has 0 heterocycles. The highest BCUT2D eigenvalue weighted by Crippen LogP contribution is 2.27. The number of carbonyl (C=O) groups is 2. The zero-order chi connectivity index (χ0) is 20.6. The summed E-state index contributed by atoms with van der Waals surface area (Å²) < 4.78 is 0. The standard InChI is InChI=1S/C24H23NO4/c26-20-13-11-17(12-14-20)15-22(24(28)29)25-23(27)16-21(18-7-3-1-4-8-18)19-9-5-2-6-10-19/h1-14,21-22,26H,15-16H2,(H,25,27)(H,28,29)/t22-/m0/s1. The number of amides is 1. The molecule has 3 aromatic rings. The zero-order valence-corrected chi connectivity index (χ0v) is 15.9. The molecule has 0 aliphatic rings. The second-order valence-corrected chi connectivity index (χ2v) is 6.91. The summed E-state index contributed by atoms with van der Waals surface area (Å²) in [6.07, 6.45) is 0.288. The van der Waals surface area contributed by atoms with Gasteiger partial charge in [0.1, 0.15) is 11.8 Å². The van der Waals surface area contributed by atoms with Crippen LogP contribution in [0.4, 0.5) is 0 Å². The van der Waals surface area contributed by atoms with Gasteiger partial charge in [-0.2, -0.15) is 0 Å². The fourth-order valence-electron chi connectivity index (χ4n) is 3.31. The van der Waals surface area contributed by atoms with E-state index in [1.165, 1.54) is 12.1 Å². The maximum Gasteiger partial charge on any atom is 0.326 e. The Morgan fingerprint density at radius 1 is 0.793 bits per heavy atom. The third-order valence-electron chi connectivity index (χ3n) is 4.80. The number of hydrogen-bond donors (Lipinski definition) is 3. The smallest absolute Gasteiger partial charge is 0.326 e. The largest absolute Gasteiger partial charge is 0.508 e. The van der Waals surface area contributed by atoms with E-state index in [0.717, 1.165) is 16.7 Å². The van der Waals surface area contributed by atoms with E-state index in [4.69, 9.17) is 0 Å². The third-order valence-corrected chi connectivity index (χ3v) is 4.80. The molecule has 148 valence electrons. The molecule has 0 fully saturated rings. The number of hydrogen-bond acceptors (Lipinski definition) is 3. The molecule has 5 heteroatoms. The maximum absolute atomic E-state index is 12.7. The molecule has 0 unspecified atom stereocenters. The first kappa shape index (κ1) is 20.1. The molecule has 3 rings (SSSR count). The molecular weight excluding hydrogens is 366 g/mol. The molecule has 29 heavy (non-hydrogen) atoms. The lowest BCUT2D eigenvalue weighted by Gasteiger charge is -2.20. The summed E-state index contributed by atoms with van der Waals surface area (Å²) in [5, 5.41) is 21.6. The summed E-state index contributed by atoms with van der Waals surface area (Å²) >= 11 is 0. The van der Waals surface area contributed by atoms with Gasteiger partial charge in [-0.05, 0) is 28.8 Å². The number of rotatable bonds is 8. The lowest BCUT2D eigenvalue weighted by atomic mass is 9.88. The highest BCUT2D eigenvalue weighted by atomic mass is 16.4. The highest BCUT2D eigenvalue weighted by Gasteiger charge is 2.24. The summed E-state index contributed by atoms with van der Waals surface area (Å²) in [6.45, 7) is 0. The molecule has 0 radical (unpaired) electrons. The van der Waals surface area contributed by atoms with Gasteiger partial charge in [0.25, 0.3) is 0 Å². The fraction of sp³-hybridized carbons (Fsp3) is 0.167. The van der Waals surface area contributed by atoms with Crippen LogP contribution in [0.3, 0.4) is 0 Å². The quantitative estimate of drug-likeness (QED) is 0.548. The van der Waals surface area contributed by atoms with Gasteiger partial charge in [0.15, 0.2) is 0 Å². The number of phenols is 1. The van der Waals surface area contributed by atoms with Gasteiger partial charge < -0.3 is 15.5 Å². The van der Waals surface area contributed by atoms with Crippen molar-refractivity contribution in [3.8, 4) is 5.75 Å². The molecule has 1 amide bonds. The topological polar surface area (TPSA) is 86.6 Å². The molecule has 0 aliphatic carbocycles. The number of nitrogens with one attached hydrogen (secondary N) is 1. The third kappa shape index (κ3) is 5.69. The van der Waals surface area contributed by atoms with Crippen LogP contribution in [0.2, 0.25) is 0 Å². The minimum Gasteiger partial charge on any atom is -0.508 e. The Bertz CT molecular complexity index is 900. The molecule has 0 aliphatic heterocycles. The molecule has 0 spiro atoms. The van der Waals surface area contributed by atoms with Crippen LogP contribution in [0.25, 0.3) is 0 Å². The van der Waals surface area contributed by atoms with Crippen molar-refractivity contribution in [2.24, 2.45) is 0 Å². The van der Waals surface area contributed by atoms with Crippen molar-refractivity contribution in [3.05, 3.63) is 102 Å². The van der Waals surface area contributed by atoms with E-state index < -0.39 is 12.0 Å². The van der Waals surface area contributed by atoms with Gasteiger partial charge in [0.2, 0.25) is 5.91 Å². The average molecular weight is 389 g/mol. The normalized spacial score (nSPS) is 11.8. The van der Waals surface area contributed by atoms with Gasteiger partial charge in [-0.1, -0.05) is 72.8 Å². The summed E-state index contributed by atoms with van der Waals surface area (Å²) in [7, 11) is 0. The lowest BCUT2D eigenvalue weighted by molar-refractivity contribution is -0.141. The van der Waals surface area contributed by atoms with Crippen LogP contribution in [0.5, 0.6) is 5.75 Å². The van der Waals surface area contributed by atoms with Crippen molar-refractivity contribution in [1.82, 2.24) is 5.32 Å². The summed E-state index contributed by atoms with van der Waals surface area (Å²) in [6, 6.07) is 24.7. The molecule has 5 nitrogen and oxygen atoms in total. The first-order valence-electron chi connectivity index (χ1n) is 9.43. The van der Waals surface area contributed by atoms with Crippen molar-refractivity contribution in [2.45, 2.75) is 24.8 Å². The van der Waals surface area contributed by atoms with E-state index in [0.29, 0.717) is 0 Å². The monoisotopic (exact) mass is 389 g/mol. The predicted octanol–water partition coefficient (Wildman–Crippen LogP) is 3.73. The van der Waals surface area contributed by atoms with Crippen molar-refractivity contribution in [2.75, 3.05) is 0 Å². The van der Waals surface area contributed by atoms with Gasteiger partial charge in [0, 0.05) is 18.8 Å². The molecule has 0 saturated heterocycles. The first-order valence-corrected chi connectivity index (χ1v) is 9.43. The van der Waals surface area contributed by atoms with E-state index in [9.17, 15) is 19.8 Å². The minimum absolute atomic E-state index is 0.109. The van der Waals surface area contributed by atoms with Gasteiger partial charge in [-0.15, -0.1) is 0 Å². The molecular formula is C24H23NO4. The number of carbonyl (C=O) groups excluding carboxylic acids is 1. The number of carboxylic acid groups (broad SMARTS) is 1. The van der Waals surface area contributed by atoms with E-state index in [2.05, 4.69) is 5.32 Å². The summed E-state index contributed by atoms with van der Waals surface area (Å²) in [5.74, 6) is -1.48. The number of aromatic hydroxyl groups is 1. The van der Waals surface area contributed by atoms with E-state index in [1.54, 1.807) is 12.1 Å². The van der Waals surface area contributed by atoms with Gasteiger partial charge in [0.05, 0.1) is 0 Å². The van der Waals surface area contributed by atoms with E-state index in [-0.39, 0.29) is 30.4 Å². The molecule has 3 aromatic carbocycles. The molecule has 0 aromatic heterocycles. The van der Waals surface area contributed by atoms with Crippen molar-refractivity contribution in [1.29, 1.82) is 0 Å². The Balaban J connectivity index is 1.74. The Labute approximate surface area is 169 Å². The molecule has 1 atom stereocenters. The number of aliphatic carboxylic acids is 1. The minimum atomic E-state index is -1.10. The van der Waals surface area contributed by atoms with Crippen LogP contribution in [-0.2, 0) is 16.0 Å². The summed E-state index contributed by atoms with van der Waals surface area (Å²) in [5.41, 5.74) is 2.72. The second kappa shape index (κ2) is 9.55. The average Bonchev–Trinajstić information content (AvgIpc) is 2.74. The number of phenolic OH excluding ortho intramolecular Hbond substituents is 1. The molecule has 3 N–H and O–H groups in total. The van der Waals surface area contributed by atoms with Crippen LogP contribution < -0.4 is 5.32 Å². The SMILES string of the molecule is O=C(CC(c1ccccc1)c1ccccc1)N[C@@H](Cc1ccc(O)cc1)C(=O)O. The van der Waals surface area contributed by atoms with Crippen LogP contribution in [0, 0.1) is 0 Å². The Morgan fingerprint density at radius 2 is 1.31 bits per heavy atom. The van der Waals surface area contributed by atoms with Crippen LogP contribution in [0.15, 0.2) is 84.9 Å². The summed E-state index contributed by atoms with van der Waals surface area (Å²) in [4.78, 5) is 24.4. The number of benzene rings is 3.